The molecular formula is C17H14NOP. The Labute approximate surface area is 119 Å². The molecule has 3 aromatic rings. The van der Waals surface area contributed by atoms with E-state index in [1.54, 1.807) is 4.90 Å². The molecule has 0 saturated heterocycles. The average molecular weight is 279 g/mol. The molecule has 1 atom stereocenters. The standard InChI is InChI=1S/C17H14NOP/c19-17(16-12-7-13-20-16)18(14-8-3-1-4-9-14)15-10-5-2-6-11-15/h1-13,20H. The minimum absolute atomic E-state index is 0.0470. The number of carbonyl (C=O) groups excluding carboxylic acids is 1. The normalized spacial score (nSPS) is 10.6. The molecule has 3 rings (SSSR count). The van der Waals surface area contributed by atoms with Crippen LogP contribution in [0.1, 0.15) is 10.1 Å². The van der Waals surface area contributed by atoms with Crippen LogP contribution in [0.5, 0.6) is 0 Å². The van der Waals surface area contributed by atoms with Crippen molar-refractivity contribution in [2.75, 3.05) is 4.90 Å². The van der Waals surface area contributed by atoms with Crippen LogP contribution in [-0.2, 0) is 0 Å². The van der Waals surface area contributed by atoms with Gasteiger partial charge in [0.25, 0.3) is 5.91 Å². The summed E-state index contributed by atoms with van der Waals surface area (Å²) in [5.41, 5.74) is 1.78. The van der Waals surface area contributed by atoms with Crippen molar-refractivity contribution in [3.8, 4) is 0 Å². The number of hydrogen-bond donors (Lipinski definition) is 0. The molecule has 3 heteroatoms. The zero-order chi connectivity index (χ0) is 13.8. The molecule has 0 bridgehead atoms. The number of amides is 1. The van der Waals surface area contributed by atoms with Crippen molar-refractivity contribution in [3.05, 3.63) is 83.9 Å². The van der Waals surface area contributed by atoms with Crippen LogP contribution in [0.4, 0.5) is 11.4 Å². The maximum Gasteiger partial charge on any atom is 0.266 e. The van der Waals surface area contributed by atoms with Crippen molar-refractivity contribution in [2.24, 2.45) is 0 Å². The molecule has 2 aromatic carbocycles. The van der Waals surface area contributed by atoms with E-state index >= 15 is 0 Å². The van der Waals surface area contributed by atoms with Crippen LogP contribution in [0, 0.1) is 0 Å². The largest absolute Gasteiger partial charge is 0.277 e. The molecule has 2 nitrogen and oxygen atoms in total. The lowest BCUT2D eigenvalue weighted by atomic mass is 10.2. The Morgan fingerprint density at radius 3 is 1.75 bits per heavy atom. The number of carbonyl (C=O) groups is 1. The van der Waals surface area contributed by atoms with E-state index in [-0.39, 0.29) is 5.91 Å². The minimum Gasteiger partial charge on any atom is -0.277 e. The third-order valence-corrected chi connectivity index (χ3v) is 4.11. The molecule has 0 aliphatic carbocycles. The fraction of sp³-hybridized carbons (Fsp3) is 0. The van der Waals surface area contributed by atoms with Crippen molar-refractivity contribution >= 4 is 25.5 Å². The van der Waals surface area contributed by atoms with E-state index in [4.69, 9.17) is 0 Å². The summed E-state index contributed by atoms with van der Waals surface area (Å²) >= 11 is 0. The highest BCUT2D eigenvalue weighted by molar-refractivity contribution is 7.31. The van der Waals surface area contributed by atoms with Gasteiger partial charge >= 0.3 is 0 Å². The van der Waals surface area contributed by atoms with Crippen LogP contribution in [0.15, 0.2) is 78.6 Å². The molecule has 20 heavy (non-hydrogen) atoms. The van der Waals surface area contributed by atoms with Gasteiger partial charge in [0.2, 0.25) is 0 Å². The van der Waals surface area contributed by atoms with Crippen LogP contribution in [0.3, 0.4) is 0 Å². The summed E-state index contributed by atoms with van der Waals surface area (Å²) in [5.74, 6) is 2.08. The third-order valence-electron chi connectivity index (χ3n) is 3.06. The highest BCUT2D eigenvalue weighted by Crippen LogP contribution is 2.29. The Morgan fingerprint density at radius 1 is 0.750 bits per heavy atom. The van der Waals surface area contributed by atoms with E-state index in [2.05, 4.69) is 0 Å². The van der Waals surface area contributed by atoms with E-state index in [9.17, 15) is 4.79 Å². The Morgan fingerprint density at radius 2 is 1.30 bits per heavy atom. The molecule has 0 N–H and O–H groups in total. The van der Waals surface area contributed by atoms with Gasteiger partial charge in [-0.25, -0.2) is 0 Å². The molecule has 1 heterocycles. The molecule has 1 unspecified atom stereocenters. The predicted molar refractivity (Wildman–Crippen MR) is 85.3 cm³/mol. The summed E-state index contributed by atoms with van der Waals surface area (Å²) in [5, 5.41) is 0.845. The fourth-order valence-corrected chi connectivity index (χ4v) is 2.92. The number of hydrogen-bond acceptors (Lipinski definition) is 1. The smallest absolute Gasteiger partial charge is 0.266 e. The second-order valence-corrected chi connectivity index (χ2v) is 5.56. The first kappa shape index (κ1) is 12.7. The van der Waals surface area contributed by atoms with E-state index in [1.165, 1.54) is 0 Å². The molecule has 98 valence electrons. The Balaban J connectivity index is 2.07. The van der Waals surface area contributed by atoms with Gasteiger partial charge in [-0.15, -0.1) is 8.19 Å². The average Bonchev–Trinajstić information content (AvgIpc) is 3.04. The first-order chi connectivity index (χ1) is 9.86. The highest BCUT2D eigenvalue weighted by atomic mass is 31.0. The summed E-state index contributed by atoms with van der Waals surface area (Å²) in [6.45, 7) is 0. The first-order valence-electron chi connectivity index (χ1n) is 6.44. The lowest BCUT2D eigenvalue weighted by molar-refractivity contribution is 0.100. The number of rotatable bonds is 3. The van der Waals surface area contributed by atoms with Crippen LogP contribution in [0.25, 0.3) is 0 Å². The van der Waals surface area contributed by atoms with Crippen molar-refractivity contribution < 1.29 is 4.79 Å². The first-order valence-corrected chi connectivity index (χ1v) is 7.52. The van der Waals surface area contributed by atoms with Gasteiger partial charge in [0.1, 0.15) is 0 Å². The van der Waals surface area contributed by atoms with E-state index in [0.29, 0.717) is 8.19 Å². The molecule has 0 aliphatic rings. The van der Waals surface area contributed by atoms with Gasteiger partial charge in [-0.3, -0.25) is 9.69 Å². The fourth-order valence-electron chi connectivity index (χ4n) is 2.12. The Hall–Kier alpha value is -2.31. The van der Waals surface area contributed by atoms with Crippen LogP contribution >= 0.6 is 8.19 Å². The van der Waals surface area contributed by atoms with E-state index in [1.807, 2.05) is 78.6 Å². The van der Waals surface area contributed by atoms with Gasteiger partial charge < -0.3 is 0 Å². The molecule has 1 aromatic heterocycles. The zero-order valence-electron chi connectivity index (χ0n) is 10.9. The van der Waals surface area contributed by atoms with Gasteiger partial charge in [0.05, 0.1) is 5.30 Å². The summed E-state index contributed by atoms with van der Waals surface area (Å²) in [6.07, 6.45) is 0. The van der Waals surface area contributed by atoms with Gasteiger partial charge in [0, 0.05) is 11.4 Å². The number of anilines is 2. The van der Waals surface area contributed by atoms with Crippen LogP contribution in [-0.4, -0.2) is 5.91 Å². The van der Waals surface area contributed by atoms with Crippen molar-refractivity contribution in [3.63, 3.8) is 0 Å². The minimum atomic E-state index is 0.0470. The molecule has 0 spiro atoms. The number of nitrogens with zero attached hydrogens (tertiary/aromatic N) is 1. The quantitative estimate of drug-likeness (QED) is 0.680. The molecule has 0 fully saturated rings. The summed E-state index contributed by atoms with van der Waals surface area (Å²) in [7, 11) is 0.452. The topological polar surface area (TPSA) is 20.3 Å². The van der Waals surface area contributed by atoms with Gasteiger partial charge in [-0.05, 0) is 36.1 Å². The van der Waals surface area contributed by atoms with E-state index < -0.39 is 0 Å². The molecule has 0 saturated carbocycles. The Bertz CT molecular complexity index is 638. The second-order valence-electron chi connectivity index (χ2n) is 4.40. The number of benzene rings is 2. The van der Waals surface area contributed by atoms with Crippen molar-refractivity contribution in [2.45, 2.75) is 0 Å². The summed E-state index contributed by atoms with van der Waals surface area (Å²) < 4.78 is 0. The SMILES string of the molecule is O=C(c1ccc[pH]1)N(c1ccccc1)c1ccccc1. The lowest BCUT2D eigenvalue weighted by Gasteiger charge is -2.22. The molecule has 0 radical (unpaired) electrons. The number of para-hydroxylation sites is 2. The summed E-state index contributed by atoms with van der Waals surface area (Å²) in [6, 6.07) is 23.4. The summed E-state index contributed by atoms with van der Waals surface area (Å²) in [4.78, 5) is 14.5. The van der Waals surface area contributed by atoms with Crippen molar-refractivity contribution in [1.82, 2.24) is 0 Å². The maximum atomic E-state index is 12.8. The lowest BCUT2D eigenvalue weighted by Crippen LogP contribution is -2.24. The predicted octanol–water partition coefficient (Wildman–Crippen LogP) is 4.70. The monoisotopic (exact) mass is 279 g/mol. The van der Waals surface area contributed by atoms with Gasteiger partial charge in [0.15, 0.2) is 0 Å². The zero-order valence-corrected chi connectivity index (χ0v) is 11.9. The van der Waals surface area contributed by atoms with Crippen molar-refractivity contribution in [1.29, 1.82) is 0 Å². The molecular weight excluding hydrogens is 265 g/mol. The second kappa shape index (κ2) is 5.77. The third kappa shape index (κ3) is 2.52. The highest BCUT2D eigenvalue weighted by Gasteiger charge is 2.19. The molecule has 1 amide bonds. The Kier molecular flexibility index (Phi) is 3.67. The van der Waals surface area contributed by atoms with Gasteiger partial charge in [-0.2, -0.15) is 0 Å². The molecule has 0 aliphatic heterocycles. The van der Waals surface area contributed by atoms with Gasteiger partial charge in [-0.1, -0.05) is 42.5 Å². The van der Waals surface area contributed by atoms with Crippen LogP contribution < -0.4 is 4.90 Å². The maximum absolute atomic E-state index is 12.8. The van der Waals surface area contributed by atoms with Crippen LogP contribution in [0.2, 0.25) is 0 Å². The van der Waals surface area contributed by atoms with E-state index in [0.717, 1.165) is 16.7 Å².